The first-order chi connectivity index (χ1) is 11.2. The minimum atomic E-state index is -0.162. The lowest BCUT2D eigenvalue weighted by atomic mass is 9.84. The van der Waals surface area contributed by atoms with Crippen LogP contribution in [0.15, 0.2) is 16.8 Å². The van der Waals surface area contributed by atoms with Crippen molar-refractivity contribution in [3.63, 3.8) is 0 Å². The molecule has 4 rings (SSSR count). The first kappa shape index (κ1) is 14.9. The number of H-pyrrole nitrogens is 1. The Morgan fingerprint density at radius 1 is 1.35 bits per heavy atom. The fourth-order valence-electron chi connectivity index (χ4n) is 3.69. The van der Waals surface area contributed by atoms with E-state index in [1.165, 1.54) is 11.3 Å². The highest BCUT2D eigenvalue weighted by Gasteiger charge is 2.42. The number of piperidine rings is 1. The molecule has 1 fully saturated rings. The first-order valence-corrected chi connectivity index (χ1v) is 8.51. The molecule has 6 nitrogen and oxygen atoms in total. The summed E-state index contributed by atoms with van der Waals surface area (Å²) in [5.74, 6) is 1.36. The van der Waals surface area contributed by atoms with Gasteiger partial charge in [0.1, 0.15) is 5.60 Å². The molecule has 0 amide bonds. The molecule has 0 aromatic carbocycles. The molecule has 0 atom stereocenters. The zero-order chi connectivity index (χ0) is 15.9. The van der Waals surface area contributed by atoms with E-state index in [1.807, 2.05) is 6.20 Å². The van der Waals surface area contributed by atoms with Crippen molar-refractivity contribution in [2.45, 2.75) is 51.2 Å². The first-order valence-electron chi connectivity index (χ1n) is 8.51. The van der Waals surface area contributed by atoms with E-state index in [9.17, 15) is 0 Å². The molecule has 23 heavy (non-hydrogen) atoms. The third-order valence-electron chi connectivity index (χ3n) is 5.14. The Hall–Kier alpha value is -1.66. The molecule has 1 spiro atoms. The molecule has 124 valence electrons. The lowest BCUT2D eigenvalue weighted by Crippen LogP contribution is -2.46. The largest absolute Gasteiger partial charge is 0.368 e. The summed E-state index contributed by atoms with van der Waals surface area (Å²) < 4.78 is 11.7. The normalized spacial score (nSPS) is 21.0. The second-order valence-corrected chi connectivity index (χ2v) is 7.01. The van der Waals surface area contributed by atoms with Crippen LogP contribution < -0.4 is 0 Å². The predicted molar refractivity (Wildman–Crippen MR) is 85.0 cm³/mol. The van der Waals surface area contributed by atoms with Gasteiger partial charge < -0.3 is 9.26 Å². The molecule has 1 saturated heterocycles. The van der Waals surface area contributed by atoms with Crippen molar-refractivity contribution < 1.29 is 9.26 Å². The summed E-state index contributed by atoms with van der Waals surface area (Å²) in [6.45, 7) is 7.88. The van der Waals surface area contributed by atoms with Gasteiger partial charge in [0.05, 0.1) is 30.7 Å². The van der Waals surface area contributed by atoms with E-state index in [1.54, 1.807) is 0 Å². The summed E-state index contributed by atoms with van der Waals surface area (Å²) in [5, 5.41) is 11.5. The summed E-state index contributed by atoms with van der Waals surface area (Å²) in [6.07, 6.45) is 4.90. The fourth-order valence-corrected chi connectivity index (χ4v) is 3.69. The number of ether oxygens (including phenoxy) is 1. The minimum absolute atomic E-state index is 0.162. The van der Waals surface area contributed by atoms with Crippen LogP contribution in [0.1, 0.15) is 55.3 Å². The van der Waals surface area contributed by atoms with Crippen LogP contribution in [0.2, 0.25) is 0 Å². The molecule has 1 N–H and O–H groups in total. The van der Waals surface area contributed by atoms with E-state index < -0.39 is 0 Å². The van der Waals surface area contributed by atoms with Crippen molar-refractivity contribution >= 4 is 0 Å². The Kier molecular flexibility index (Phi) is 3.73. The number of fused-ring (bicyclic) bond motifs is 2. The SMILES string of the molecule is CC(C)c1cc(CN2CCC3(CC2)OCCc2cn[nH]c23)on1. The van der Waals surface area contributed by atoms with Gasteiger partial charge in [-0.05, 0) is 30.7 Å². The van der Waals surface area contributed by atoms with E-state index in [0.29, 0.717) is 5.92 Å². The fraction of sp³-hybridized carbons (Fsp3) is 0.647. The number of aromatic nitrogens is 3. The van der Waals surface area contributed by atoms with Gasteiger partial charge in [-0.25, -0.2) is 0 Å². The molecule has 0 aliphatic carbocycles. The van der Waals surface area contributed by atoms with Crippen LogP contribution in [0.25, 0.3) is 0 Å². The van der Waals surface area contributed by atoms with Crippen molar-refractivity contribution in [2.24, 2.45) is 0 Å². The molecular weight excluding hydrogens is 292 g/mol. The van der Waals surface area contributed by atoms with Crippen molar-refractivity contribution in [3.05, 3.63) is 35.0 Å². The van der Waals surface area contributed by atoms with Crippen molar-refractivity contribution in [2.75, 3.05) is 19.7 Å². The number of hydrogen-bond acceptors (Lipinski definition) is 5. The van der Waals surface area contributed by atoms with Gasteiger partial charge in [0, 0.05) is 19.2 Å². The van der Waals surface area contributed by atoms with Crippen LogP contribution in [0.5, 0.6) is 0 Å². The van der Waals surface area contributed by atoms with Gasteiger partial charge >= 0.3 is 0 Å². The van der Waals surface area contributed by atoms with Gasteiger partial charge in [-0.2, -0.15) is 5.10 Å². The van der Waals surface area contributed by atoms with Crippen LogP contribution in [-0.4, -0.2) is 40.0 Å². The highest BCUT2D eigenvalue weighted by atomic mass is 16.5. The average molecular weight is 316 g/mol. The van der Waals surface area contributed by atoms with Gasteiger partial charge in [0.25, 0.3) is 0 Å². The molecule has 4 heterocycles. The monoisotopic (exact) mass is 316 g/mol. The molecule has 0 unspecified atom stereocenters. The third kappa shape index (κ3) is 2.70. The third-order valence-corrected chi connectivity index (χ3v) is 5.14. The number of rotatable bonds is 3. The zero-order valence-electron chi connectivity index (χ0n) is 13.8. The second-order valence-electron chi connectivity index (χ2n) is 7.01. The van der Waals surface area contributed by atoms with Crippen LogP contribution in [0.4, 0.5) is 0 Å². The van der Waals surface area contributed by atoms with Crippen LogP contribution in [0.3, 0.4) is 0 Å². The predicted octanol–water partition coefficient (Wildman–Crippen LogP) is 2.59. The van der Waals surface area contributed by atoms with E-state index in [4.69, 9.17) is 9.26 Å². The van der Waals surface area contributed by atoms with E-state index in [-0.39, 0.29) is 5.60 Å². The van der Waals surface area contributed by atoms with Gasteiger partial charge in [0.15, 0.2) is 5.76 Å². The van der Waals surface area contributed by atoms with Crippen molar-refractivity contribution in [1.29, 1.82) is 0 Å². The second kappa shape index (κ2) is 5.76. The number of aromatic amines is 1. The average Bonchev–Trinajstić information content (AvgIpc) is 3.20. The summed E-state index contributed by atoms with van der Waals surface area (Å²) in [4.78, 5) is 2.42. The molecule has 6 heteroatoms. The molecular formula is C17H24N4O2. The Balaban J connectivity index is 1.42. The Labute approximate surface area is 136 Å². The number of likely N-dealkylation sites (tertiary alicyclic amines) is 1. The zero-order valence-corrected chi connectivity index (χ0v) is 13.8. The smallest absolute Gasteiger partial charge is 0.150 e. The number of hydrogen-bond donors (Lipinski definition) is 1. The lowest BCUT2D eigenvalue weighted by Gasteiger charge is -2.43. The summed E-state index contributed by atoms with van der Waals surface area (Å²) in [7, 11) is 0. The maximum absolute atomic E-state index is 6.19. The van der Waals surface area contributed by atoms with E-state index in [2.05, 4.69) is 40.2 Å². The number of nitrogens with zero attached hydrogens (tertiary/aromatic N) is 3. The van der Waals surface area contributed by atoms with Crippen molar-refractivity contribution in [1.82, 2.24) is 20.3 Å². The lowest BCUT2D eigenvalue weighted by molar-refractivity contribution is -0.102. The van der Waals surface area contributed by atoms with Gasteiger partial charge in [0.2, 0.25) is 0 Å². The van der Waals surface area contributed by atoms with E-state index in [0.717, 1.165) is 57.0 Å². The minimum Gasteiger partial charge on any atom is -0.368 e. The Bertz CT molecular complexity index is 668. The Morgan fingerprint density at radius 3 is 2.91 bits per heavy atom. The maximum Gasteiger partial charge on any atom is 0.150 e. The molecule has 2 aliphatic rings. The summed E-state index contributed by atoms with van der Waals surface area (Å²) >= 11 is 0. The quantitative estimate of drug-likeness (QED) is 0.942. The summed E-state index contributed by atoms with van der Waals surface area (Å²) in [5.41, 5.74) is 3.39. The topological polar surface area (TPSA) is 67.2 Å². The number of nitrogens with one attached hydrogen (secondary N) is 1. The highest BCUT2D eigenvalue weighted by molar-refractivity contribution is 5.26. The van der Waals surface area contributed by atoms with Crippen molar-refractivity contribution in [3.8, 4) is 0 Å². The summed E-state index contributed by atoms with van der Waals surface area (Å²) in [6, 6.07) is 2.08. The molecule has 0 saturated carbocycles. The van der Waals surface area contributed by atoms with Gasteiger partial charge in [-0.3, -0.25) is 10.00 Å². The maximum atomic E-state index is 6.19. The standard InChI is InChI=1S/C17H24N4O2/c1-12(2)15-9-14(23-20-15)11-21-6-4-17(5-7-21)16-13(3-8-22-17)10-18-19-16/h9-10,12H,3-8,11H2,1-2H3,(H,18,19). The Morgan fingerprint density at radius 2 is 2.17 bits per heavy atom. The highest BCUT2D eigenvalue weighted by Crippen LogP contribution is 2.40. The molecule has 0 bridgehead atoms. The van der Waals surface area contributed by atoms with Crippen LogP contribution in [-0.2, 0) is 23.3 Å². The molecule has 2 aromatic heterocycles. The van der Waals surface area contributed by atoms with Crippen LogP contribution in [0, 0.1) is 0 Å². The van der Waals surface area contributed by atoms with Gasteiger partial charge in [-0.1, -0.05) is 19.0 Å². The van der Waals surface area contributed by atoms with Crippen LogP contribution >= 0.6 is 0 Å². The molecule has 2 aromatic rings. The van der Waals surface area contributed by atoms with E-state index >= 15 is 0 Å². The molecule has 0 radical (unpaired) electrons. The van der Waals surface area contributed by atoms with Gasteiger partial charge in [-0.15, -0.1) is 0 Å². The molecule has 2 aliphatic heterocycles.